The summed E-state index contributed by atoms with van der Waals surface area (Å²) in [4.78, 5) is 0. The Morgan fingerprint density at radius 1 is 1.75 bits per heavy atom. The number of nitrogen functional groups attached to an aromatic ring is 1. The van der Waals surface area contributed by atoms with Gasteiger partial charge in [-0.25, -0.2) is 4.68 Å². The summed E-state index contributed by atoms with van der Waals surface area (Å²) in [6.07, 6.45) is 0.878. The standard InChI is InChI=1S/C5H11N5OS/c6-1-4(11)2-12-5-9-8-3-10(5)7/h3-4,11H,1-2,6-7H2. The zero-order valence-electron chi connectivity index (χ0n) is 6.42. The second-order valence-electron chi connectivity index (χ2n) is 2.22. The molecule has 1 rings (SSSR count). The predicted molar refractivity (Wildman–Crippen MR) is 46.0 cm³/mol. The van der Waals surface area contributed by atoms with E-state index in [-0.39, 0.29) is 6.54 Å². The van der Waals surface area contributed by atoms with Crippen molar-refractivity contribution in [1.82, 2.24) is 14.9 Å². The SMILES string of the molecule is NCC(O)CSc1nncn1N. The van der Waals surface area contributed by atoms with Crippen LogP contribution in [0.2, 0.25) is 0 Å². The molecule has 1 heterocycles. The number of hydrogen-bond acceptors (Lipinski definition) is 6. The van der Waals surface area contributed by atoms with E-state index in [1.807, 2.05) is 0 Å². The van der Waals surface area contributed by atoms with Crippen molar-refractivity contribution in [1.29, 1.82) is 0 Å². The van der Waals surface area contributed by atoms with Gasteiger partial charge in [0.25, 0.3) is 0 Å². The van der Waals surface area contributed by atoms with Crippen molar-refractivity contribution in [3.05, 3.63) is 6.33 Å². The Hall–Kier alpha value is -0.790. The van der Waals surface area contributed by atoms with Gasteiger partial charge in [0.2, 0.25) is 5.16 Å². The molecule has 12 heavy (non-hydrogen) atoms. The first kappa shape index (κ1) is 9.30. The summed E-state index contributed by atoms with van der Waals surface area (Å²) < 4.78 is 1.30. The van der Waals surface area contributed by atoms with Crippen molar-refractivity contribution >= 4 is 11.8 Å². The molecule has 6 nitrogen and oxygen atoms in total. The maximum absolute atomic E-state index is 9.10. The molecule has 1 atom stereocenters. The average molecular weight is 189 g/mol. The predicted octanol–water partition coefficient (Wildman–Crippen LogP) is -1.60. The highest BCUT2D eigenvalue weighted by Gasteiger charge is 2.06. The summed E-state index contributed by atoms with van der Waals surface area (Å²) in [6, 6.07) is 0. The Morgan fingerprint density at radius 3 is 3.00 bits per heavy atom. The van der Waals surface area contributed by atoms with Gasteiger partial charge in [-0.1, -0.05) is 11.8 Å². The molecule has 0 fully saturated rings. The van der Waals surface area contributed by atoms with Crippen LogP contribution in [0.15, 0.2) is 11.5 Å². The molecule has 5 N–H and O–H groups in total. The van der Waals surface area contributed by atoms with E-state index in [1.165, 1.54) is 22.8 Å². The smallest absolute Gasteiger partial charge is 0.209 e. The van der Waals surface area contributed by atoms with Crippen molar-refractivity contribution in [3.63, 3.8) is 0 Å². The van der Waals surface area contributed by atoms with Gasteiger partial charge in [-0.3, -0.25) is 0 Å². The first-order valence-electron chi connectivity index (χ1n) is 3.40. The van der Waals surface area contributed by atoms with Crippen molar-refractivity contribution in [2.24, 2.45) is 5.73 Å². The van der Waals surface area contributed by atoms with Gasteiger partial charge in [-0.15, -0.1) is 10.2 Å². The van der Waals surface area contributed by atoms with Gasteiger partial charge >= 0.3 is 0 Å². The fraction of sp³-hybridized carbons (Fsp3) is 0.600. The van der Waals surface area contributed by atoms with Crippen molar-refractivity contribution < 1.29 is 5.11 Å². The lowest BCUT2D eigenvalue weighted by Gasteiger charge is -2.05. The van der Waals surface area contributed by atoms with E-state index in [4.69, 9.17) is 16.7 Å². The molecule has 1 aromatic rings. The van der Waals surface area contributed by atoms with Crippen LogP contribution in [0.3, 0.4) is 0 Å². The second kappa shape index (κ2) is 4.29. The molecule has 0 bridgehead atoms. The average Bonchev–Trinajstić information content (AvgIpc) is 2.47. The first-order chi connectivity index (χ1) is 5.74. The largest absolute Gasteiger partial charge is 0.391 e. The van der Waals surface area contributed by atoms with Crippen LogP contribution < -0.4 is 11.6 Å². The van der Waals surface area contributed by atoms with Crippen LogP contribution in [0.1, 0.15) is 0 Å². The minimum absolute atomic E-state index is 0.242. The fourth-order valence-corrected chi connectivity index (χ4v) is 1.35. The molecule has 1 aromatic heterocycles. The highest BCUT2D eigenvalue weighted by Crippen LogP contribution is 2.12. The van der Waals surface area contributed by atoms with E-state index in [0.717, 1.165) is 0 Å². The lowest BCUT2D eigenvalue weighted by molar-refractivity contribution is 0.208. The number of rotatable bonds is 4. The molecular weight excluding hydrogens is 178 g/mol. The third-order valence-electron chi connectivity index (χ3n) is 1.22. The van der Waals surface area contributed by atoms with Gasteiger partial charge in [0, 0.05) is 12.3 Å². The molecule has 7 heteroatoms. The van der Waals surface area contributed by atoms with Gasteiger partial charge in [-0.2, -0.15) is 0 Å². The molecule has 0 aliphatic rings. The molecule has 0 amide bonds. The minimum atomic E-state index is -0.522. The maximum atomic E-state index is 9.10. The number of nitrogens with two attached hydrogens (primary N) is 2. The van der Waals surface area contributed by atoms with Gasteiger partial charge in [0.05, 0.1) is 6.10 Å². The second-order valence-corrected chi connectivity index (χ2v) is 3.21. The molecule has 1 unspecified atom stereocenters. The zero-order valence-corrected chi connectivity index (χ0v) is 7.24. The van der Waals surface area contributed by atoms with Crippen LogP contribution in [0.5, 0.6) is 0 Å². The zero-order chi connectivity index (χ0) is 8.97. The van der Waals surface area contributed by atoms with E-state index >= 15 is 0 Å². The van der Waals surface area contributed by atoms with Gasteiger partial charge in [0.1, 0.15) is 6.33 Å². The van der Waals surface area contributed by atoms with E-state index in [9.17, 15) is 0 Å². The third kappa shape index (κ3) is 2.36. The molecule has 0 aliphatic heterocycles. The van der Waals surface area contributed by atoms with Crippen LogP contribution in [-0.2, 0) is 0 Å². The Kier molecular flexibility index (Phi) is 3.32. The Labute approximate surface area is 73.9 Å². The van der Waals surface area contributed by atoms with Gasteiger partial charge in [-0.05, 0) is 0 Å². The molecule has 0 saturated carbocycles. The summed E-state index contributed by atoms with van der Waals surface area (Å²) in [5, 5.41) is 17.0. The van der Waals surface area contributed by atoms with Crippen LogP contribution in [0.25, 0.3) is 0 Å². The number of aliphatic hydroxyl groups is 1. The highest BCUT2D eigenvalue weighted by atomic mass is 32.2. The van der Waals surface area contributed by atoms with E-state index in [1.54, 1.807) is 0 Å². The third-order valence-corrected chi connectivity index (χ3v) is 2.32. The molecular formula is C5H11N5OS. The van der Waals surface area contributed by atoms with Crippen LogP contribution in [0.4, 0.5) is 0 Å². The quantitative estimate of drug-likeness (QED) is 0.389. The summed E-state index contributed by atoms with van der Waals surface area (Å²) in [5.74, 6) is 5.90. The van der Waals surface area contributed by atoms with Crippen molar-refractivity contribution in [3.8, 4) is 0 Å². The fourth-order valence-electron chi connectivity index (χ4n) is 0.574. The van der Waals surface area contributed by atoms with Gasteiger partial charge in [0.15, 0.2) is 0 Å². The summed E-state index contributed by atoms with van der Waals surface area (Å²) in [5.41, 5.74) is 5.21. The summed E-state index contributed by atoms with van der Waals surface area (Å²) in [7, 11) is 0. The molecule has 0 aromatic carbocycles. The van der Waals surface area contributed by atoms with Gasteiger partial charge < -0.3 is 16.7 Å². The Morgan fingerprint density at radius 2 is 2.50 bits per heavy atom. The first-order valence-corrected chi connectivity index (χ1v) is 4.38. The van der Waals surface area contributed by atoms with E-state index in [2.05, 4.69) is 10.2 Å². The molecule has 0 radical (unpaired) electrons. The van der Waals surface area contributed by atoms with Crippen LogP contribution in [-0.4, -0.2) is 38.4 Å². The Balaban J connectivity index is 2.38. The number of thioether (sulfide) groups is 1. The molecule has 0 saturated heterocycles. The monoisotopic (exact) mass is 189 g/mol. The maximum Gasteiger partial charge on any atom is 0.209 e. The summed E-state index contributed by atoms with van der Waals surface area (Å²) in [6.45, 7) is 0.242. The van der Waals surface area contributed by atoms with Crippen LogP contribution in [0, 0.1) is 0 Å². The molecule has 0 spiro atoms. The molecule has 0 aliphatic carbocycles. The number of hydrogen-bond donors (Lipinski definition) is 3. The van der Waals surface area contributed by atoms with E-state index < -0.39 is 6.10 Å². The lowest BCUT2D eigenvalue weighted by atomic mass is 10.4. The van der Waals surface area contributed by atoms with Crippen molar-refractivity contribution in [2.75, 3.05) is 18.1 Å². The molecule has 68 valence electrons. The van der Waals surface area contributed by atoms with Crippen molar-refractivity contribution in [2.45, 2.75) is 11.3 Å². The van der Waals surface area contributed by atoms with Crippen LogP contribution >= 0.6 is 11.8 Å². The number of aliphatic hydroxyl groups excluding tert-OH is 1. The lowest BCUT2D eigenvalue weighted by Crippen LogP contribution is -2.22. The minimum Gasteiger partial charge on any atom is -0.391 e. The summed E-state index contributed by atoms with van der Waals surface area (Å²) >= 11 is 1.32. The number of nitrogens with zero attached hydrogens (tertiary/aromatic N) is 3. The highest BCUT2D eigenvalue weighted by molar-refractivity contribution is 7.99. The number of aromatic nitrogens is 3. The topological polar surface area (TPSA) is 103 Å². The normalized spacial score (nSPS) is 13.2. The van der Waals surface area contributed by atoms with E-state index in [0.29, 0.717) is 10.9 Å². The Bertz CT molecular complexity index is 239.